The molecular formula is C27H24N4O4. The van der Waals surface area contributed by atoms with E-state index < -0.39 is 17.5 Å². The summed E-state index contributed by atoms with van der Waals surface area (Å²) in [7, 11) is 1.58. The van der Waals surface area contributed by atoms with Crippen LogP contribution in [0.25, 0.3) is 11.4 Å². The van der Waals surface area contributed by atoms with E-state index in [-0.39, 0.29) is 12.4 Å². The molecule has 8 heteroatoms. The van der Waals surface area contributed by atoms with Crippen molar-refractivity contribution in [1.82, 2.24) is 20.4 Å². The highest BCUT2D eigenvalue weighted by Crippen LogP contribution is 2.37. The fraction of sp³-hybridized carbons (Fsp3) is 0.185. The molecule has 1 fully saturated rings. The first kappa shape index (κ1) is 22.3. The number of nitrogens with one attached hydrogen (secondary N) is 1. The number of hydrogen-bond acceptors (Lipinski definition) is 6. The lowest BCUT2D eigenvalue weighted by molar-refractivity contribution is -0.130. The molecule has 8 nitrogen and oxygen atoms in total. The highest BCUT2D eigenvalue weighted by molar-refractivity contribution is 6.09. The van der Waals surface area contributed by atoms with Crippen molar-refractivity contribution in [2.24, 2.45) is 0 Å². The van der Waals surface area contributed by atoms with E-state index in [4.69, 9.17) is 9.26 Å². The summed E-state index contributed by atoms with van der Waals surface area (Å²) in [6.07, 6.45) is 0. The molecule has 3 aromatic carbocycles. The minimum absolute atomic E-state index is 0.148. The Labute approximate surface area is 202 Å². The van der Waals surface area contributed by atoms with Crippen LogP contribution < -0.4 is 10.1 Å². The molecule has 35 heavy (non-hydrogen) atoms. The Hall–Kier alpha value is -4.46. The first-order valence-electron chi connectivity index (χ1n) is 11.2. The van der Waals surface area contributed by atoms with Gasteiger partial charge in [0, 0.05) is 5.56 Å². The Morgan fingerprint density at radius 1 is 0.943 bits per heavy atom. The number of rotatable bonds is 6. The number of ether oxygens (including phenoxy) is 1. The van der Waals surface area contributed by atoms with Gasteiger partial charge < -0.3 is 14.6 Å². The van der Waals surface area contributed by atoms with Crippen LogP contribution >= 0.6 is 0 Å². The lowest BCUT2D eigenvalue weighted by Crippen LogP contribution is -2.45. The zero-order valence-corrected chi connectivity index (χ0v) is 19.6. The Kier molecular flexibility index (Phi) is 5.56. The molecule has 1 aliphatic heterocycles. The monoisotopic (exact) mass is 468 g/mol. The van der Waals surface area contributed by atoms with Crippen molar-refractivity contribution in [2.75, 3.05) is 7.11 Å². The SMILES string of the molecule is COc1cccc(-c2noc(CN3C(=O)N[C@@](c4ccccc4)(c4ccc(C)c(C)c4)C3=O)n2)c1. The molecule has 0 radical (unpaired) electrons. The predicted octanol–water partition coefficient (Wildman–Crippen LogP) is 4.36. The van der Waals surface area contributed by atoms with Crippen molar-refractivity contribution in [2.45, 2.75) is 25.9 Å². The fourth-order valence-corrected chi connectivity index (χ4v) is 4.27. The van der Waals surface area contributed by atoms with E-state index in [2.05, 4.69) is 15.5 Å². The van der Waals surface area contributed by atoms with Gasteiger partial charge in [-0.15, -0.1) is 0 Å². The summed E-state index contributed by atoms with van der Waals surface area (Å²) in [5.41, 5.74) is 2.83. The molecule has 0 bridgehead atoms. The van der Waals surface area contributed by atoms with E-state index in [0.717, 1.165) is 16.0 Å². The number of benzene rings is 3. The van der Waals surface area contributed by atoms with E-state index in [0.29, 0.717) is 28.3 Å². The van der Waals surface area contributed by atoms with E-state index in [1.54, 1.807) is 13.2 Å². The summed E-state index contributed by atoms with van der Waals surface area (Å²) in [6, 6.07) is 21.7. The third-order valence-corrected chi connectivity index (χ3v) is 6.34. The molecule has 2 heterocycles. The van der Waals surface area contributed by atoms with E-state index in [1.165, 1.54) is 0 Å². The van der Waals surface area contributed by atoms with Gasteiger partial charge in [0.2, 0.25) is 11.7 Å². The van der Waals surface area contributed by atoms with E-state index in [1.807, 2.05) is 80.6 Å². The van der Waals surface area contributed by atoms with Crippen LogP contribution in [-0.4, -0.2) is 34.1 Å². The zero-order valence-electron chi connectivity index (χ0n) is 19.6. The summed E-state index contributed by atoms with van der Waals surface area (Å²) in [6.45, 7) is 3.83. The quantitative estimate of drug-likeness (QED) is 0.423. The summed E-state index contributed by atoms with van der Waals surface area (Å²) < 4.78 is 10.6. The largest absolute Gasteiger partial charge is 0.497 e. The van der Waals surface area contributed by atoms with Gasteiger partial charge in [0.25, 0.3) is 5.91 Å². The van der Waals surface area contributed by atoms with Gasteiger partial charge in [-0.25, -0.2) is 4.79 Å². The minimum atomic E-state index is -1.35. The van der Waals surface area contributed by atoms with Crippen molar-refractivity contribution in [1.29, 1.82) is 0 Å². The molecule has 0 saturated carbocycles. The number of aromatic nitrogens is 2. The van der Waals surface area contributed by atoms with Crippen LogP contribution in [0.1, 0.15) is 28.1 Å². The molecule has 1 saturated heterocycles. The number of aryl methyl sites for hydroxylation is 2. The maximum absolute atomic E-state index is 13.9. The number of nitrogens with zero attached hydrogens (tertiary/aromatic N) is 3. The number of hydrogen-bond donors (Lipinski definition) is 1. The molecule has 0 spiro atoms. The molecule has 0 aliphatic carbocycles. The Bertz CT molecular complexity index is 1420. The number of methoxy groups -OCH3 is 1. The van der Waals surface area contributed by atoms with Crippen LogP contribution in [0.3, 0.4) is 0 Å². The van der Waals surface area contributed by atoms with Crippen molar-refractivity contribution in [3.63, 3.8) is 0 Å². The van der Waals surface area contributed by atoms with Gasteiger partial charge in [0.05, 0.1) is 7.11 Å². The lowest BCUT2D eigenvalue weighted by atomic mass is 9.81. The summed E-state index contributed by atoms with van der Waals surface area (Å²) in [4.78, 5) is 32.6. The van der Waals surface area contributed by atoms with E-state index in [9.17, 15) is 9.59 Å². The molecule has 176 valence electrons. The number of urea groups is 1. The third kappa shape index (κ3) is 3.82. The predicted molar refractivity (Wildman–Crippen MR) is 129 cm³/mol. The number of carbonyl (C=O) groups is 2. The molecule has 1 aliphatic rings. The average Bonchev–Trinajstić information content (AvgIpc) is 3.45. The smallest absolute Gasteiger partial charge is 0.326 e. The number of amides is 3. The van der Waals surface area contributed by atoms with Crippen LogP contribution in [0.5, 0.6) is 5.75 Å². The Morgan fingerprint density at radius 3 is 2.49 bits per heavy atom. The van der Waals surface area contributed by atoms with Crippen LogP contribution in [-0.2, 0) is 16.9 Å². The summed E-state index contributed by atoms with van der Waals surface area (Å²) in [5.74, 6) is 0.742. The fourth-order valence-electron chi connectivity index (χ4n) is 4.27. The van der Waals surface area contributed by atoms with Crippen LogP contribution in [0, 0.1) is 13.8 Å². The van der Waals surface area contributed by atoms with E-state index >= 15 is 0 Å². The second-order valence-electron chi connectivity index (χ2n) is 8.48. The first-order valence-corrected chi connectivity index (χ1v) is 11.2. The van der Waals surface area contributed by atoms with Crippen LogP contribution in [0.4, 0.5) is 4.79 Å². The molecule has 3 amide bonds. The highest BCUT2D eigenvalue weighted by Gasteiger charge is 2.54. The van der Waals surface area contributed by atoms with Crippen LogP contribution in [0.2, 0.25) is 0 Å². The molecular weight excluding hydrogens is 444 g/mol. The molecule has 1 N–H and O–H groups in total. The molecule has 4 aromatic rings. The second-order valence-corrected chi connectivity index (χ2v) is 8.48. The lowest BCUT2D eigenvalue weighted by Gasteiger charge is -2.28. The topological polar surface area (TPSA) is 97.6 Å². The average molecular weight is 469 g/mol. The van der Waals surface area contributed by atoms with Gasteiger partial charge in [-0.05, 0) is 48.2 Å². The standard InChI is InChI=1S/C27H24N4O4/c1-17-12-13-21(14-18(17)2)27(20-9-5-4-6-10-20)25(32)31(26(33)29-27)16-23-28-24(30-35-23)19-8-7-11-22(15-19)34-3/h4-15H,16H2,1-3H3,(H,29,33)/t27-/m0/s1. The van der Waals surface area contributed by atoms with Gasteiger partial charge in [-0.1, -0.05) is 65.8 Å². The zero-order chi connectivity index (χ0) is 24.6. The van der Waals surface area contributed by atoms with Gasteiger partial charge >= 0.3 is 6.03 Å². The normalized spacial score (nSPS) is 17.5. The molecule has 1 atom stereocenters. The van der Waals surface area contributed by atoms with Gasteiger partial charge in [0.15, 0.2) is 5.54 Å². The Balaban J connectivity index is 1.50. The highest BCUT2D eigenvalue weighted by atomic mass is 16.5. The number of carbonyl (C=O) groups excluding carboxylic acids is 2. The van der Waals surface area contributed by atoms with Crippen molar-refractivity contribution in [3.8, 4) is 17.1 Å². The van der Waals surface area contributed by atoms with Crippen molar-refractivity contribution >= 4 is 11.9 Å². The summed E-state index contributed by atoms with van der Waals surface area (Å²) >= 11 is 0. The van der Waals surface area contributed by atoms with Gasteiger partial charge in [-0.3, -0.25) is 9.69 Å². The van der Waals surface area contributed by atoms with Crippen LogP contribution in [0.15, 0.2) is 77.3 Å². The summed E-state index contributed by atoms with van der Waals surface area (Å²) in [5, 5.41) is 6.97. The second kappa shape index (κ2) is 8.72. The van der Waals surface area contributed by atoms with Crippen molar-refractivity contribution in [3.05, 3.63) is 101 Å². The maximum Gasteiger partial charge on any atom is 0.326 e. The van der Waals surface area contributed by atoms with Crippen molar-refractivity contribution < 1.29 is 18.8 Å². The van der Waals surface area contributed by atoms with Gasteiger partial charge in [-0.2, -0.15) is 4.98 Å². The van der Waals surface area contributed by atoms with Gasteiger partial charge in [0.1, 0.15) is 12.3 Å². The molecule has 1 aromatic heterocycles. The maximum atomic E-state index is 13.9. The molecule has 0 unspecified atom stereocenters. The number of imide groups is 1. The minimum Gasteiger partial charge on any atom is -0.497 e. The third-order valence-electron chi connectivity index (χ3n) is 6.34. The first-order chi connectivity index (χ1) is 16.9. The Morgan fingerprint density at radius 2 is 1.74 bits per heavy atom. The molecule has 5 rings (SSSR count).